The fourth-order valence-electron chi connectivity index (χ4n) is 3.62. The second-order valence-electron chi connectivity index (χ2n) is 6.73. The van der Waals surface area contributed by atoms with E-state index in [9.17, 15) is 9.59 Å². The van der Waals surface area contributed by atoms with E-state index in [0.29, 0.717) is 23.2 Å². The summed E-state index contributed by atoms with van der Waals surface area (Å²) in [5.41, 5.74) is 0.695. The van der Waals surface area contributed by atoms with E-state index >= 15 is 0 Å². The smallest absolute Gasteiger partial charge is 0.227 e. The molecule has 1 heterocycles. The topological polar surface area (TPSA) is 49.4 Å². The van der Waals surface area contributed by atoms with Gasteiger partial charge in [-0.1, -0.05) is 43.5 Å². The zero-order chi connectivity index (χ0) is 16.4. The maximum atomic E-state index is 12.5. The van der Waals surface area contributed by atoms with Gasteiger partial charge < -0.3 is 10.2 Å². The molecular formula is C18H23ClN2O2. The molecule has 5 heteroatoms. The quantitative estimate of drug-likeness (QED) is 0.921. The number of carbonyl (C=O) groups excluding carboxylic acids is 2. The Hall–Kier alpha value is -1.55. The molecule has 0 bridgehead atoms. The first-order chi connectivity index (χ1) is 11.1. The molecule has 1 aliphatic carbocycles. The third-order valence-corrected chi connectivity index (χ3v) is 5.40. The normalized spacial score (nSPS) is 28.0. The van der Waals surface area contributed by atoms with Crippen molar-refractivity contribution in [2.45, 2.75) is 45.1 Å². The van der Waals surface area contributed by atoms with Gasteiger partial charge in [0.15, 0.2) is 0 Å². The Balaban J connectivity index is 1.65. The van der Waals surface area contributed by atoms with Crippen LogP contribution in [-0.2, 0) is 9.59 Å². The minimum absolute atomic E-state index is 0.00616. The summed E-state index contributed by atoms with van der Waals surface area (Å²) in [5, 5.41) is 3.71. The van der Waals surface area contributed by atoms with E-state index in [0.717, 1.165) is 6.42 Å². The lowest BCUT2D eigenvalue weighted by Crippen LogP contribution is -2.44. The molecule has 1 aromatic carbocycles. The lowest BCUT2D eigenvalue weighted by atomic mass is 9.85. The van der Waals surface area contributed by atoms with Gasteiger partial charge in [0, 0.05) is 19.0 Å². The molecule has 0 spiro atoms. The standard InChI is InChI=1S/C18H23ClN2O2/c1-12-6-2-4-8-15(12)20-18(23)13-10-17(22)21(11-13)16-9-5-3-7-14(16)19/h3,5,7,9,12-13,15H,2,4,6,8,10-11H2,1H3,(H,20,23)/t12-,13+,15-/m0/s1. The highest BCUT2D eigenvalue weighted by molar-refractivity contribution is 6.33. The van der Waals surface area contributed by atoms with Crippen molar-refractivity contribution < 1.29 is 9.59 Å². The summed E-state index contributed by atoms with van der Waals surface area (Å²) in [5.74, 6) is 0.207. The van der Waals surface area contributed by atoms with Crippen molar-refractivity contribution in [3.8, 4) is 0 Å². The molecule has 3 atom stereocenters. The van der Waals surface area contributed by atoms with Gasteiger partial charge in [-0.15, -0.1) is 0 Å². The number of amides is 2. The number of para-hydroxylation sites is 1. The Bertz CT molecular complexity index is 604. The molecule has 1 N–H and O–H groups in total. The molecule has 1 aromatic rings. The second-order valence-corrected chi connectivity index (χ2v) is 7.14. The third kappa shape index (κ3) is 3.52. The second kappa shape index (κ2) is 6.91. The number of hydrogen-bond acceptors (Lipinski definition) is 2. The molecule has 1 aliphatic heterocycles. The van der Waals surface area contributed by atoms with Gasteiger partial charge in [0.25, 0.3) is 0 Å². The van der Waals surface area contributed by atoms with Crippen LogP contribution in [0.1, 0.15) is 39.0 Å². The fraction of sp³-hybridized carbons (Fsp3) is 0.556. The van der Waals surface area contributed by atoms with Crippen LogP contribution in [0.15, 0.2) is 24.3 Å². The van der Waals surface area contributed by atoms with Crippen LogP contribution in [0.3, 0.4) is 0 Å². The number of nitrogens with zero attached hydrogens (tertiary/aromatic N) is 1. The van der Waals surface area contributed by atoms with E-state index in [1.165, 1.54) is 19.3 Å². The average molecular weight is 335 g/mol. The highest BCUT2D eigenvalue weighted by Crippen LogP contribution is 2.31. The number of carbonyl (C=O) groups is 2. The Morgan fingerprint density at radius 2 is 2.00 bits per heavy atom. The molecule has 0 radical (unpaired) electrons. The van der Waals surface area contributed by atoms with Gasteiger partial charge in [-0.3, -0.25) is 9.59 Å². The molecular weight excluding hydrogens is 312 g/mol. The number of rotatable bonds is 3. The largest absolute Gasteiger partial charge is 0.353 e. The molecule has 1 saturated carbocycles. The summed E-state index contributed by atoms with van der Waals surface area (Å²) in [7, 11) is 0. The SMILES string of the molecule is C[C@H]1CCCC[C@@H]1NC(=O)[C@@H]1CC(=O)N(c2ccccc2Cl)C1. The number of benzene rings is 1. The van der Waals surface area contributed by atoms with Crippen molar-refractivity contribution in [1.82, 2.24) is 5.32 Å². The van der Waals surface area contributed by atoms with Gasteiger partial charge >= 0.3 is 0 Å². The molecule has 0 unspecified atom stereocenters. The molecule has 1 saturated heterocycles. The Kier molecular flexibility index (Phi) is 4.90. The van der Waals surface area contributed by atoms with Gasteiger partial charge in [-0.25, -0.2) is 0 Å². The van der Waals surface area contributed by atoms with Gasteiger partial charge in [-0.05, 0) is 30.9 Å². The van der Waals surface area contributed by atoms with Crippen molar-refractivity contribution in [3.63, 3.8) is 0 Å². The summed E-state index contributed by atoms with van der Waals surface area (Å²) in [6.07, 6.45) is 4.89. The summed E-state index contributed by atoms with van der Waals surface area (Å²) in [6.45, 7) is 2.61. The van der Waals surface area contributed by atoms with E-state index in [-0.39, 0.29) is 30.2 Å². The van der Waals surface area contributed by atoms with Crippen molar-refractivity contribution in [2.75, 3.05) is 11.4 Å². The van der Waals surface area contributed by atoms with Crippen LogP contribution in [0.5, 0.6) is 0 Å². The third-order valence-electron chi connectivity index (χ3n) is 5.08. The Labute approximate surface area is 142 Å². The van der Waals surface area contributed by atoms with Crippen molar-refractivity contribution in [2.24, 2.45) is 11.8 Å². The van der Waals surface area contributed by atoms with E-state index < -0.39 is 0 Å². The highest BCUT2D eigenvalue weighted by atomic mass is 35.5. The molecule has 124 valence electrons. The van der Waals surface area contributed by atoms with Crippen LogP contribution < -0.4 is 10.2 Å². The lowest BCUT2D eigenvalue weighted by Gasteiger charge is -2.30. The van der Waals surface area contributed by atoms with Crippen LogP contribution in [0.4, 0.5) is 5.69 Å². The van der Waals surface area contributed by atoms with Gasteiger partial charge in [0.05, 0.1) is 16.6 Å². The predicted molar refractivity (Wildman–Crippen MR) is 91.5 cm³/mol. The van der Waals surface area contributed by atoms with Crippen LogP contribution in [-0.4, -0.2) is 24.4 Å². The molecule has 3 rings (SSSR count). The molecule has 2 fully saturated rings. The minimum atomic E-state index is -0.284. The molecule has 23 heavy (non-hydrogen) atoms. The number of nitrogens with one attached hydrogen (secondary N) is 1. The molecule has 0 aromatic heterocycles. The van der Waals surface area contributed by atoms with E-state index in [1.54, 1.807) is 11.0 Å². The summed E-state index contributed by atoms with van der Waals surface area (Å²) < 4.78 is 0. The van der Waals surface area contributed by atoms with Crippen molar-refractivity contribution >= 4 is 29.1 Å². The summed E-state index contributed by atoms with van der Waals surface area (Å²) >= 11 is 6.18. The summed E-state index contributed by atoms with van der Waals surface area (Å²) in [6, 6.07) is 7.53. The van der Waals surface area contributed by atoms with Crippen LogP contribution in [0.25, 0.3) is 0 Å². The minimum Gasteiger partial charge on any atom is -0.353 e. The van der Waals surface area contributed by atoms with Crippen LogP contribution in [0.2, 0.25) is 5.02 Å². The van der Waals surface area contributed by atoms with Gasteiger partial charge in [0.2, 0.25) is 11.8 Å². The van der Waals surface area contributed by atoms with Crippen LogP contribution in [0, 0.1) is 11.8 Å². The monoisotopic (exact) mass is 334 g/mol. The maximum Gasteiger partial charge on any atom is 0.227 e. The zero-order valence-electron chi connectivity index (χ0n) is 13.4. The van der Waals surface area contributed by atoms with E-state index in [4.69, 9.17) is 11.6 Å². The van der Waals surface area contributed by atoms with Gasteiger partial charge in [-0.2, -0.15) is 0 Å². The molecule has 2 amide bonds. The van der Waals surface area contributed by atoms with E-state index in [2.05, 4.69) is 12.2 Å². The molecule has 4 nitrogen and oxygen atoms in total. The Morgan fingerprint density at radius 1 is 1.26 bits per heavy atom. The highest BCUT2D eigenvalue weighted by Gasteiger charge is 2.37. The number of hydrogen-bond donors (Lipinski definition) is 1. The predicted octanol–water partition coefficient (Wildman–Crippen LogP) is 3.39. The van der Waals surface area contributed by atoms with Crippen LogP contribution >= 0.6 is 11.6 Å². The average Bonchev–Trinajstić information content (AvgIpc) is 2.92. The fourth-order valence-corrected chi connectivity index (χ4v) is 3.86. The Morgan fingerprint density at radius 3 is 2.74 bits per heavy atom. The maximum absolute atomic E-state index is 12.5. The number of halogens is 1. The van der Waals surface area contributed by atoms with Crippen molar-refractivity contribution in [1.29, 1.82) is 0 Å². The summed E-state index contributed by atoms with van der Waals surface area (Å²) in [4.78, 5) is 26.5. The first-order valence-electron chi connectivity index (χ1n) is 8.41. The number of anilines is 1. The lowest BCUT2D eigenvalue weighted by molar-refractivity contribution is -0.127. The zero-order valence-corrected chi connectivity index (χ0v) is 14.2. The molecule has 2 aliphatic rings. The van der Waals surface area contributed by atoms with Gasteiger partial charge in [0.1, 0.15) is 0 Å². The first-order valence-corrected chi connectivity index (χ1v) is 8.79. The van der Waals surface area contributed by atoms with E-state index in [1.807, 2.05) is 18.2 Å². The van der Waals surface area contributed by atoms with Crippen molar-refractivity contribution in [3.05, 3.63) is 29.3 Å². The first kappa shape index (κ1) is 16.3.